The minimum atomic E-state index is -0.165. The first-order valence-corrected chi connectivity index (χ1v) is 7.38. The summed E-state index contributed by atoms with van der Waals surface area (Å²) in [7, 11) is 1.71. The van der Waals surface area contributed by atoms with Crippen LogP contribution in [-0.2, 0) is 16.1 Å². The molecule has 0 aliphatic heterocycles. The van der Waals surface area contributed by atoms with Crippen LogP contribution in [0.15, 0.2) is 12.1 Å². The molecular formula is C15H25ClN2O2. The van der Waals surface area contributed by atoms with Crippen LogP contribution in [0, 0.1) is 0 Å². The van der Waals surface area contributed by atoms with Crippen molar-refractivity contribution in [3.8, 4) is 0 Å². The number of nitrogens with zero attached hydrogens (tertiary/aromatic N) is 1. The first-order chi connectivity index (χ1) is 9.48. The second kappa shape index (κ2) is 8.45. The van der Waals surface area contributed by atoms with Gasteiger partial charge in [-0.05, 0) is 38.8 Å². The van der Waals surface area contributed by atoms with Crippen LogP contribution in [0.4, 0.5) is 5.82 Å². The largest absolute Gasteiger partial charge is 0.379 e. The Morgan fingerprint density at radius 1 is 1.35 bits per heavy atom. The standard InChI is InChI=1S/C15H25ClN2O2/c1-5-9-17-14-7-6-12(16)13(18-14)11-20-10-8-15(2,3)19-4/h6-7H,5,8-11H2,1-4H3,(H,17,18). The number of anilines is 1. The van der Waals surface area contributed by atoms with E-state index in [0.717, 1.165) is 30.9 Å². The molecule has 1 rings (SSSR count). The molecule has 114 valence electrons. The maximum Gasteiger partial charge on any atom is 0.126 e. The molecule has 0 spiro atoms. The van der Waals surface area contributed by atoms with Gasteiger partial charge in [-0.25, -0.2) is 4.98 Å². The molecule has 20 heavy (non-hydrogen) atoms. The third-order valence-electron chi connectivity index (χ3n) is 3.11. The predicted molar refractivity (Wildman–Crippen MR) is 83.4 cm³/mol. The Bertz CT molecular complexity index is 411. The van der Waals surface area contributed by atoms with Gasteiger partial charge in [0.1, 0.15) is 5.82 Å². The molecule has 0 atom stereocenters. The van der Waals surface area contributed by atoms with Crippen molar-refractivity contribution in [2.75, 3.05) is 25.6 Å². The number of pyridine rings is 1. The number of hydrogen-bond acceptors (Lipinski definition) is 4. The van der Waals surface area contributed by atoms with E-state index in [0.29, 0.717) is 18.2 Å². The number of nitrogens with one attached hydrogen (secondary N) is 1. The molecule has 0 aromatic carbocycles. The fraction of sp³-hybridized carbons (Fsp3) is 0.667. The smallest absolute Gasteiger partial charge is 0.126 e. The molecule has 5 heteroatoms. The highest BCUT2D eigenvalue weighted by Crippen LogP contribution is 2.18. The summed E-state index contributed by atoms with van der Waals surface area (Å²) in [5.74, 6) is 0.840. The average Bonchev–Trinajstić information content (AvgIpc) is 2.44. The zero-order valence-corrected chi connectivity index (χ0v) is 13.6. The van der Waals surface area contributed by atoms with E-state index in [4.69, 9.17) is 21.1 Å². The SMILES string of the molecule is CCCNc1ccc(Cl)c(COCCC(C)(C)OC)n1. The van der Waals surface area contributed by atoms with Crippen LogP contribution in [0.1, 0.15) is 39.3 Å². The molecule has 0 aliphatic rings. The topological polar surface area (TPSA) is 43.4 Å². The summed E-state index contributed by atoms with van der Waals surface area (Å²) in [6.45, 7) is 8.13. The lowest BCUT2D eigenvalue weighted by Crippen LogP contribution is -2.24. The lowest BCUT2D eigenvalue weighted by Gasteiger charge is -2.22. The maximum absolute atomic E-state index is 6.13. The first-order valence-electron chi connectivity index (χ1n) is 7.00. The molecule has 1 aromatic rings. The zero-order chi connectivity index (χ0) is 15.0. The maximum atomic E-state index is 6.13. The summed E-state index contributed by atoms with van der Waals surface area (Å²) in [5, 5.41) is 3.88. The highest BCUT2D eigenvalue weighted by Gasteiger charge is 2.15. The normalized spacial score (nSPS) is 11.7. The molecule has 0 fully saturated rings. The molecule has 0 saturated carbocycles. The van der Waals surface area contributed by atoms with E-state index in [1.54, 1.807) is 7.11 Å². The van der Waals surface area contributed by atoms with Crippen molar-refractivity contribution < 1.29 is 9.47 Å². The van der Waals surface area contributed by atoms with Crippen molar-refractivity contribution >= 4 is 17.4 Å². The second-order valence-electron chi connectivity index (χ2n) is 5.32. The van der Waals surface area contributed by atoms with Gasteiger partial charge in [0.05, 0.1) is 22.9 Å². The average molecular weight is 301 g/mol. The van der Waals surface area contributed by atoms with Crippen molar-refractivity contribution in [3.63, 3.8) is 0 Å². The van der Waals surface area contributed by atoms with Gasteiger partial charge in [0.15, 0.2) is 0 Å². The predicted octanol–water partition coefficient (Wildman–Crippen LogP) is 3.89. The lowest BCUT2D eigenvalue weighted by atomic mass is 10.1. The van der Waals surface area contributed by atoms with Gasteiger partial charge in [-0.2, -0.15) is 0 Å². The van der Waals surface area contributed by atoms with Gasteiger partial charge >= 0.3 is 0 Å². The lowest BCUT2D eigenvalue weighted by molar-refractivity contribution is -0.0128. The molecule has 0 bridgehead atoms. The third kappa shape index (κ3) is 6.07. The Morgan fingerprint density at radius 2 is 2.10 bits per heavy atom. The van der Waals surface area contributed by atoms with Crippen LogP contribution in [-0.4, -0.2) is 30.8 Å². The molecule has 4 nitrogen and oxygen atoms in total. The summed E-state index contributed by atoms with van der Waals surface area (Å²) in [6, 6.07) is 3.74. The molecule has 1 aromatic heterocycles. The van der Waals surface area contributed by atoms with Crippen LogP contribution in [0.5, 0.6) is 0 Å². The molecule has 0 unspecified atom stereocenters. The summed E-state index contributed by atoms with van der Waals surface area (Å²) >= 11 is 6.13. The molecule has 0 radical (unpaired) electrons. The second-order valence-corrected chi connectivity index (χ2v) is 5.73. The van der Waals surface area contributed by atoms with Gasteiger partial charge in [-0.15, -0.1) is 0 Å². The van der Waals surface area contributed by atoms with Gasteiger partial charge < -0.3 is 14.8 Å². The van der Waals surface area contributed by atoms with Crippen molar-refractivity contribution in [1.82, 2.24) is 4.98 Å². The van der Waals surface area contributed by atoms with Crippen LogP contribution in [0.2, 0.25) is 5.02 Å². The van der Waals surface area contributed by atoms with Crippen LogP contribution >= 0.6 is 11.6 Å². The van der Waals surface area contributed by atoms with Gasteiger partial charge in [-0.1, -0.05) is 18.5 Å². The first kappa shape index (κ1) is 17.2. The number of rotatable bonds is 9. The number of methoxy groups -OCH3 is 1. The van der Waals surface area contributed by atoms with E-state index in [9.17, 15) is 0 Å². The van der Waals surface area contributed by atoms with Crippen LogP contribution in [0.3, 0.4) is 0 Å². The number of halogens is 1. The molecule has 0 aliphatic carbocycles. The monoisotopic (exact) mass is 300 g/mol. The van der Waals surface area contributed by atoms with Crippen molar-refractivity contribution in [1.29, 1.82) is 0 Å². The quantitative estimate of drug-likeness (QED) is 0.703. The van der Waals surface area contributed by atoms with E-state index >= 15 is 0 Å². The Morgan fingerprint density at radius 3 is 2.75 bits per heavy atom. The highest BCUT2D eigenvalue weighted by molar-refractivity contribution is 6.31. The van der Waals surface area contributed by atoms with Crippen molar-refractivity contribution in [2.24, 2.45) is 0 Å². The number of aromatic nitrogens is 1. The fourth-order valence-corrected chi connectivity index (χ4v) is 1.69. The summed E-state index contributed by atoms with van der Waals surface area (Å²) in [4.78, 5) is 4.46. The molecule has 0 saturated heterocycles. The minimum Gasteiger partial charge on any atom is -0.379 e. The summed E-state index contributed by atoms with van der Waals surface area (Å²) in [6.07, 6.45) is 1.89. The molecule has 1 heterocycles. The minimum absolute atomic E-state index is 0.165. The fourth-order valence-electron chi connectivity index (χ4n) is 1.53. The number of ether oxygens (including phenoxy) is 2. The van der Waals surface area contributed by atoms with Gasteiger partial charge in [0.25, 0.3) is 0 Å². The summed E-state index contributed by atoms with van der Waals surface area (Å²) < 4.78 is 11.0. The van der Waals surface area contributed by atoms with Crippen LogP contribution < -0.4 is 5.32 Å². The number of hydrogen-bond donors (Lipinski definition) is 1. The highest BCUT2D eigenvalue weighted by atomic mass is 35.5. The van der Waals surface area contributed by atoms with E-state index in [-0.39, 0.29) is 5.60 Å². The Hall–Kier alpha value is -0.840. The van der Waals surface area contributed by atoms with Crippen molar-refractivity contribution in [3.05, 3.63) is 22.8 Å². The van der Waals surface area contributed by atoms with Gasteiger partial charge in [-0.3, -0.25) is 0 Å². The third-order valence-corrected chi connectivity index (χ3v) is 3.46. The van der Waals surface area contributed by atoms with E-state index < -0.39 is 0 Å². The molecule has 0 amide bonds. The van der Waals surface area contributed by atoms with Crippen LogP contribution in [0.25, 0.3) is 0 Å². The Balaban J connectivity index is 2.46. The Kier molecular flexibility index (Phi) is 7.27. The van der Waals surface area contributed by atoms with E-state index in [1.165, 1.54) is 0 Å². The zero-order valence-electron chi connectivity index (χ0n) is 12.8. The molecule has 1 N–H and O–H groups in total. The van der Waals surface area contributed by atoms with Gasteiger partial charge in [0, 0.05) is 20.3 Å². The van der Waals surface area contributed by atoms with E-state index in [2.05, 4.69) is 17.2 Å². The van der Waals surface area contributed by atoms with Gasteiger partial charge in [0.2, 0.25) is 0 Å². The Labute approximate surface area is 126 Å². The molecular weight excluding hydrogens is 276 g/mol. The van der Waals surface area contributed by atoms with E-state index in [1.807, 2.05) is 26.0 Å². The summed E-state index contributed by atoms with van der Waals surface area (Å²) in [5.41, 5.74) is 0.602. The van der Waals surface area contributed by atoms with Crippen molar-refractivity contribution in [2.45, 2.75) is 45.8 Å².